The molecule has 3 aromatic rings. The summed E-state index contributed by atoms with van der Waals surface area (Å²) in [5.74, 6) is -0.993. The number of carbonyl (C=O) groups is 1. The first-order valence-corrected chi connectivity index (χ1v) is 9.13. The summed E-state index contributed by atoms with van der Waals surface area (Å²) in [5, 5.41) is 20.6. The fourth-order valence-electron chi connectivity index (χ4n) is 2.72. The Bertz CT molecular complexity index is 1200. The number of nitro groups is 1. The van der Waals surface area contributed by atoms with E-state index in [0.29, 0.717) is 11.1 Å². The molecule has 1 aromatic heterocycles. The van der Waals surface area contributed by atoms with E-state index >= 15 is 0 Å². The zero-order chi connectivity index (χ0) is 19.9. The fraction of sp³-hybridized carbons (Fsp3) is 0.118. The second kappa shape index (κ2) is 6.40. The van der Waals surface area contributed by atoms with Crippen molar-refractivity contribution in [1.82, 2.24) is 0 Å². The van der Waals surface area contributed by atoms with Crippen LogP contribution in [-0.4, -0.2) is 24.4 Å². The van der Waals surface area contributed by atoms with E-state index in [0.717, 1.165) is 6.07 Å². The summed E-state index contributed by atoms with van der Waals surface area (Å²) in [6.07, 6.45) is 0. The van der Waals surface area contributed by atoms with Crippen molar-refractivity contribution in [3.8, 4) is 0 Å². The van der Waals surface area contributed by atoms with Crippen molar-refractivity contribution in [1.29, 1.82) is 0 Å². The van der Waals surface area contributed by atoms with Gasteiger partial charge in [-0.3, -0.25) is 14.8 Å². The molecule has 0 aliphatic carbocycles. The molecule has 0 radical (unpaired) electrons. The monoisotopic (exact) mass is 390 g/mol. The van der Waals surface area contributed by atoms with Crippen molar-refractivity contribution < 1.29 is 27.7 Å². The van der Waals surface area contributed by atoms with Crippen LogP contribution in [0, 0.1) is 24.0 Å². The van der Waals surface area contributed by atoms with Crippen molar-refractivity contribution in [2.45, 2.75) is 18.7 Å². The van der Waals surface area contributed by atoms with E-state index in [2.05, 4.69) is 4.72 Å². The minimum absolute atomic E-state index is 0.0583. The van der Waals surface area contributed by atoms with Crippen LogP contribution in [0.15, 0.2) is 45.7 Å². The highest BCUT2D eigenvalue weighted by molar-refractivity contribution is 7.92. The van der Waals surface area contributed by atoms with Crippen LogP contribution in [0.3, 0.4) is 0 Å². The van der Waals surface area contributed by atoms with Gasteiger partial charge in [-0.1, -0.05) is 6.07 Å². The molecule has 0 aliphatic rings. The van der Waals surface area contributed by atoms with Crippen LogP contribution < -0.4 is 4.72 Å². The standard InChI is InChI=1S/C17H14N2O7S/c1-9-3-5-12(8-14(9)19(22)23)27(24,25)18-11-4-6-15-13(7-11)16(17(20)21)10(2)26-15/h3-8,18H,1-2H3,(H,20,21). The third-order valence-corrected chi connectivity index (χ3v) is 5.40. The van der Waals surface area contributed by atoms with Crippen molar-refractivity contribution in [2.75, 3.05) is 4.72 Å². The summed E-state index contributed by atoms with van der Waals surface area (Å²) in [6, 6.07) is 7.78. The van der Waals surface area contributed by atoms with Gasteiger partial charge in [0.1, 0.15) is 16.9 Å². The summed E-state index contributed by atoms with van der Waals surface area (Å²) in [7, 11) is -4.11. The van der Waals surface area contributed by atoms with Gasteiger partial charge in [0.15, 0.2) is 0 Å². The third-order valence-electron chi connectivity index (χ3n) is 4.02. The van der Waals surface area contributed by atoms with Gasteiger partial charge in [0.2, 0.25) is 0 Å². The maximum atomic E-state index is 12.6. The number of fused-ring (bicyclic) bond motifs is 1. The number of benzene rings is 2. The molecule has 27 heavy (non-hydrogen) atoms. The zero-order valence-electron chi connectivity index (χ0n) is 14.2. The third kappa shape index (κ3) is 3.34. The van der Waals surface area contributed by atoms with Gasteiger partial charge in [0.25, 0.3) is 15.7 Å². The van der Waals surface area contributed by atoms with Gasteiger partial charge in [0, 0.05) is 22.7 Å². The Kier molecular flexibility index (Phi) is 4.36. The summed E-state index contributed by atoms with van der Waals surface area (Å²) in [6.45, 7) is 3.00. The molecule has 2 N–H and O–H groups in total. The fourth-order valence-corrected chi connectivity index (χ4v) is 3.79. The van der Waals surface area contributed by atoms with Gasteiger partial charge in [0.05, 0.1) is 9.82 Å². The predicted molar refractivity (Wildman–Crippen MR) is 96.6 cm³/mol. The number of hydrogen-bond donors (Lipinski definition) is 2. The Labute approximate surface area is 153 Å². The van der Waals surface area contributed by atoms with Gasteiger partial charge in [-0.2, -0.15) is 0 Å². The molecule has 0 amide bonds. The largest absolute Gasteiger partial charge is 0.478 e. The van der Waals surface area contributed by atoms with Crippen molar-refractivity contribution in [3.05, 3.63) is 63.4 Å². The summed E-state index contributed by atoms with van der Waals surface area (Å²) >= 11 is 0. The van der Waals surface area contributed by atoms with Gasteiger partial charge in [-0.15, -0.1) is 0 Å². The van der Waals surface area contributed by atoms with Crippen LogP contribution in [-0.2, 0) is 10.0 Å². The first-order chi connectivity index (χ1) is 12.6. The van der Waals surface area contributed by atoms with Crippen LogP contribution in [0.4, 0.5) is 11.4 Å². The molecule has 2 aromatic carbocycles. The summed E-state index contributed by atoms with van der Waals surface area (Å²) in [5.41, 5.74) is 0.372. The number of carboxylic acids is 1. The molecular weight excluding hydrogens is 376 g/mol. The molecule has 0 spiro atoms. The molecule has 0 unspecified atom stereocenters. The van der Waals surface area contributed by atoms with E-state index in [4.69, 9.17) is 4.42 Å². The second-order valence-electron chi connectivity index (χ2n) is 5.86. The quantitative estimate of drug-likeness (QED) is 0.502. The number of sulfonamides is 1. The number of aryl methyl sites for hydroxylation is 2. The maximum absolute atomic E-state index is 12.6. The van der Waals surface area contributed by atoms with Gasteiger partial charge >= 0.3 is 5.97 Å². The van der Waals surface area contributed by atoms with Crippen LogP contribution in [0.2, 0.25) is 0 Å². The van der Waals surface area contributed by atoms with Crippen molar-refractivity contribution in [2.24, 2.45) is 0 Å². The molecule has 0 bridgehead atoms. The van der Waals surface area contributed by atoms with E-state index in [9.17, 15) is 28.4 Å². The summed E-state index contributed by atoms with van der Waals surface area (Å²) < 4.78 is 32.8. The average Bonchev–Trinajstić information content (AvgIpc) is 2.89. The molecule has 0 fully saturated rings. The van der Waals surface area contributed by atoms with E-state index in [-0.39, 0.29) is 33.0 Å². The number of nitro benzene ring substituents is 1. The highest BCUT2D eigenvalue weighted by Gasteiger charge is 2.22. The smallest absolute Gasteiger partial charge is 0.339 e. The SMILES string of the molecule is Cc1ccc(S(=O)(=O)Nc2ccc3oc(C)c(C(=O)O)c3c2)cc1[N+](=O)[O-]. The molecule has 9 nitrogen and oxygen atoms in total. The van der Waals surface area contributed by atoms with Crippen molar-refractivity contribution in [3.63, 3.8) is 0 Å². The Morgan fingerprint density at radius 3 is 2.52 bits per heavy atom. The Morgan fingerprint density at radius 2 is 1.89 bits per heavy atom. The van der Waals surface area contributed by atoms with E-state index < -0.39 is 20.9 Å². The number of nitrogens with zero attached hydrogens (tertiary/aromatic N) is 1. The Balaban J connectivity index is 2.04. The van der Waals surface area contributed by atoms with Crippen LogP contribution in [0.5, 0.6) is 0 Å². The predicted octanol–water partition coefficient (Wildman–Crippen LogP) is 3.46. The number of carboxylic acid groups (broad SMARTS) is 1. The number of aromatic carboxylic acids is 1. The summed E-state index contributed by atoms with van der Waals surface area (Å²) in [4.78, 5) is 21.5. The van der Waals surface area contributed by atoms with Crippen LogP contribution in [0.25, 0.3) is 11.0 Å². The van der Waals surface area contributed by atoms with E-state index in [1.807, 2.05) is 0 Å². The molecular formula is C17H14N2O7S. The van der Waals surface area contributed by atoms with Crippen LogP contribution >= 0.6 is 0 Å². The average molecular weight is 390 g/mol. The van der Waals surface area contributed by atoms with E-state index in [1.54, 1.807) is 0 Å². The number of furan rings is 1. The highest BCUT2D eigenvalue weighted by Crippen LogP contribution is 2.30. The number of hydrogen-bond acceptors (Lipinski definition) is 6. The number of rotatable bonds is 5. The Hall–Kier alpha value is -3.40. The zero-order valence-corrected chi connectivity index (χ0v) is 15.0. The lowest BCUT2D eigenvalue weighted by Crippen LogP contribution is -2.13. The topological polar surface area (TPSA) is 140 Å². The molecule has 0 atom stereocenters. The minimum Gasteiger partial charge on any atom is -0.478 e. The molecule has 0 saturated carbocycles. The molecule has 140 valence electrons. The van der Waals surface area contributed by atoms with Gasteiger partial charge < -0.3 is 9.52 Å². The highest BCUT2D eigenvalue weighted by atomic mass is 32.2. The first kappa shape index (κ1) is 18.4. The van der Waals surface area contributed by atoms with Crippen molar-refractivity contribution >= 4 is 38.3 Å². The molecule has 0 aliphatic heterocycles. The molecule has 10 heteroatoms. The van der Waals surface area contributed by atoms with E-state index in [1.165, 1.54) is 44.2 Å². The lowest BCUT2D eigenvalue weighted by Gasteiger charge is -2.09. The second-order valence-corrected chi connectivity index (χ2v) is 7.54. The Morgan fingerprint density at radius 1 is 1.19 bits per heavy atom. The lowest BCUT2D eigenvalue weighted by atomic mass is 10.1. The van der Waals surface area contributed by atoms with Gasteiger partial charge in [-0.05, 0) is 38.1 Å². The maximum Gasteiger partial charge on any atom is 0.339 e. The van der Waals surface area contributed by atoms with Gasteiger partial charge in [-0.25, -0.2) is 13.2 Å². The molecule has 1 heterocycles. The number of nitrogens with one attached hydrogen (secondary N) is 1. The molecule has 3 rings (SSSR count). The lowest BCUT2D eigenvalue weighted by molar-refractivity contribution is -0.385. The normalized spacial score (nSPS) is 11.5. The first-order valence-electron chi connectivity index (χ1n) is 7.64. The molecule has 0 saturated heterocycles. The minimum atomic E-state index is -4.11. The number of anilines is 1. The van der Waals surface area contributed by atoms with Crippen LogP contribution in [0.1, 0.15) is 21.7 Å².